The van der Waals surface area contributed by atoms with Crippen molar-refractivity contribution in [3.63, 3.8) is 0 Å². The number of amides is 1. The summed E-state index contributed by atoms with van der Waals surface area (Å²) < 4.78 is 0. The van der Waals surface area contributed by atoms with E-state index >= 15 is 0 Å². The number of fused-ring (bicyclic) bond motifs is 1. The van der Waals surface area contributed by atoms with E-state index in [1.807, 2.05) is 12.1 Å². The zero-order valence-electron chi connectivity index (χ0n) is 7.37. The molecule has 1 atom stereocenters. The normalized spacial score (nSPS) is 16.6. The first-order valence-electron chi connectivity index (χ1n) is 4.28. The van der Waals surface area contributed by atoms with Crippen LogP contribution < -0.4 is 5.32 Å². The van der Waals surface area contributed by atoms with E-state index in [0.29, 0.717) is 17.7 Å². The maximum Gasteiger partial charge on any atom is 0.252 e. The lowest BCUT2D eigenvalue weighted by atomic mass is 10.00. The Balaban J connectivity index is 2.60. The van der Waals surface area contributed by atoms with Crippen LogP contribution >= 0.6 is 0 Å². The molecule has 1 aromatic rings. The van der Waals surface area contributed by atoms with Crippen LogP contribution in [0.1, 0.15) is 34.5 Å². The maximum absolute atomic E-state index is 11.4. The Morgan fingerprint density at radius 3 is 3.00 bits per heavy atom. The van der Waals surface area contributed by atoms with Crippen LogP contribution in [0, 0.1) is 0 Å². The average molecular weight is 177 g/mol. The molecule has 1 aliphatic rings. The van der Waals surface area contributed by atoms with E-state index in [4.69, 9.17) is 0 Å². The number of nitrogens with one attached hydrogen (secondary N) is 1. The number of benzene rings is 1. The van der Waals surface area contributed by atoms with Gasteiger partial charge in [-0.1, -0.05) is 18.2 Å². The number of aliphatic hydroxyl groups is 1. The van der Waals surface area contributed by atoms with Crippen molar-refractivity contribution >= 4 is 5.91 Å². The second-order valence-corrected chi connectivity index (χ2v) is 3.24. The molecule has 0 aromatic heterocycles. The van der Waals surface area contributed by atoms with Gasteiger partial charge in [-0.2, -0.15) is 0 Å². The number of hydrogen-bond donors (Lipinski definition) is 2. The molecule has 0 saturated heterocycles. The lowest BCUT2D eigenvalue weighted by Crippen LogP contribution is -2.14. The first-order valence-corrected chi connectivity index (χ1v) is 4.28. The van der Waals surface area contributed by atoms with Crippen LogP contribution in [0.15, 0.2) is 18.2 Å². The Labute approximate surface area is 76.4 Å². The van der Waals surface area contributed by atoms with Crippen molar-refractivity contribution in [2.24, 2.45) is 0 Å². The highest BCUT2D eigenvalue weighted by atomic mass is 16.3. The minimum atomic E-state index is -0.584. The van der Waals surface area contributed by atoms with Gasteiger partial charge in [0.2, 0.25) is 0 Å². The summed E-state index contributed by atoms with van der Waals surface area (Å²) in [6, 6.07) is 5.55. The Morgan fingerprint density at radius 1 is 1.54 bits per heavy atom. The molecule has 1 amide bonds. The van der Waals surface area contributed by atoms with Gasteiger partial charge in [0.15, 0.2) is 0 Å². The number of rotatable bonds is 1. The second-order valence-electron chi connectivity index (χ2n) is 3.24. The number of aliphatic hydroxyl groups excluding tert-OH is 1. The van der Waals surface area contributed by atoms with Crippen molar-refractivity contribution < 1.29 is 9.90 Å². The monoisotopic (exact) mass is 177 g/mol. The lowest BCUT2D eigenvalue weighted by molar-refractivity contribution is 0.0960. The molecule has 0 saturated carbocycles. The van der Waals surface area contributed by atoms with E-state index in [2.05, 4.69) is 5.32 Å². The van der Waals surface area contributed by atoms with Gasteiger partial charge in [0.25, 0.3) is 5.91 Å². The Morgan fingerprint density at radius 2 is 2.31 bits per heavy atom. The molecule has 0 spiro atoms. The van der Waals surface area contributed by atoms with Gasteiger partial charge in [-0.05, 0) is 18.1 Å². The molecule has 0 bridgehead atoms. The van der Waals surface area contributed by atoms with Gasteiger partial charge in [-0.25, -0.2) is 0 Å². The molecule has 1 unspecified atom stereocenters. The van der Waals surface area contributed by atoms with Crippen LogP contribution in [0.5, 0.6) is 0 Å². The minimum Gasteiger partial charge on any atom is -0.389 e. The van der Waals surface area contributed by atoms with Gasteiger partial charge in [0.1, 0.15) is 0 Å². The third-order valence-electron chi connectivity index (χ3n) is 2.30. The van der Waals surface area contributed by atoms with Gasteiger partial charge in [0, 0.05) is 6.54 Å². The predicted molar refractivity (Wildman–Crippen MR) is 48.2 cm³/mol. The molecule has 68 valence electrons. The topological polar surface area (TPSA) is 49.3 Å². The van der Waals surface area contributed by atoms with Crippen LogP contribution in [0.25, 0.3) is 0 Å². The van der Waals surface area contributed by atoms with Crippen molar-refractivity contribution in [3.05, 3.63) is 34.9 Å². The Hall–Kier alpha value is -1.35. The molecule has 1 heterocycles. The zero-order chi connectivity index (χ0) is 9.42. The fraction of sp³-hybridized carbons (Fsp3) is 0.300. The quantitative estimate of drug-likeness (QED) is 0.671. The molecule has 3 nitrogen and oxygen atoms in total. The van der Waals surface area contributed by atoms with Gasteiger partial charge < -0.3 is 10.4 Å². The summed E-state index contributed by atoms with van der Waals surface area (Å²) in [5.74, 6) is -0.0773. The van der Waals surface area contributed by atoms with E-state index in [9.17, 15) is 9.90 Å². The van der Waals surface area contributed by atoms with Crippen LogP contribution in [-0.4, -0.2) is 11.0 Å². The first-order chi connectivity index (χ1) is 6.20. The van der Waals surface area contributed by atoms with Crippen molar-refractivity contribution in [3.8, 4) is 0 Å². The molecular weight excluding hydrogens is 166 g/mol. The van der Waals surface area contributed by atoms with Crippen LogP contribution in [0.4, 0.5) is 0 Å². The Bertz CT molecular complexity index is 358. The SMILES string of the molecule is CC(O)c1cccc2c1C(=O)NC2. The molecule has 3 heteroatoms. The van der Waals surface area contributed by atoms with Crippen LogP contribution in [0.2, 0.25) is 0 Å². The zero-order valence-corrected chi connectivity index (χ0v) is 7.37. The first kappa shape index (κ1) is 8.26. The van der Waals surface area contributed by atoms with E-state index in [1.54, 1.807) is 13.0 Å². The van der Waals surface area contributed by atoms with Crippen molar-refractivity contribution in [2.45, 2.75) is 19.6 Å². The summed E-state index contributed by atoms with van der Waals surface area (Å²) >= 11 is 0. The fourth-order valence-corrected chi connectivity index (χ4v) is 1.66. The summed E-state index contributed by atoms with van der Waals surface area (Å²) in [7, 11) is 0. The molecule has 0 aliphatic carbocycles. The predicted octanol–water partition coefficient (Wildman–Crippen LogP) is 0.983. The molecule has 2 rings (SSSR count). The fourth-order valence-electron chi connectivity index (χ4n) is 1.66. The number of hydrogen-bond acceptors (Lipinski definition) is 2. The summed E-state index contributed by atoms with van der Waals surface area (Å²) in [6.07, 6.45) is -0.584. The highest BCUT2D eigenvalue weighted by Crippen LogP contribution is 2.24. The maximum atomic E-state index is 11.4. The van der Waals surface area contributed by atoms with E-state index < -0.39 is 6.10 Å². The number of carbonyl (C=O) groups is 1. The largest absolute Gasteiger partial charge is 0.389 e. The van der Waals surface area contributed by atoms with E-state index in [0.717, 1.165) is 5.56 Å². The smallest absolute Gasteiger partial charge is 0.252 e. The molecule has 1 aliphatic heterocycles. The van der Waals surface area contributed by atoms with Gasteiger partial charge >= 0.3 is 0 Å². The van der Waals surface area contributed by atoms with Crippen LogP contribution in [0.3, 0.4) is 0 Å². The molecule has 0 fully saturated rings. The van der Waals surface area contributed by atoms with Gasteiger partial charge in [-0.15, -0.1) is 0 Å². The van der Waals surface area contributed by atoms with Crippen molar-refractivity contribution in [2.75, 3.05) is 0 Å². The van der Waals surface area contributed by atoms with Gasteiger partial charge in [-0.3, -0.25) is 4.79 Å². The van der Waals surface area contributed by atoms with Gasteiger partial charge in [0.05, 0.1) is 11.7 Å². The Kier molecular flexibility index (Phi) is 1.81. The lowest BCUT2D eigenvalue weighted by Gasteiger charge is -2.08. The highest BCUT2D eigenvalue weighted by molar-refractivity contribution is 5.99. The molecule has 2 N–H and O–H groups in total. The molecule has 1 aromatic carbocycles. The second kappa shape index (κ2) is 2.85. The third kappa shape index (κ3) is 1.21. The number of carbonyl (C=O) groups excluding carboxylic acids is 1. The van der Waals surface area contributed by atoms with Crippen LogP contribution in [-0.2, 0) is 6.54 Å². The summed E-state index contributed by atoms with van der Waals surface area (Å²) in [5.41, 5.74) is 2.34. The molecule has 13 heavy (non-hydrogen) atoms. The van der Waals surface area contributed by atoms with E-state index in [-0.39, 0.29) is 5.91 Å². The minimum absolute atomic E-state index is 0.0773. The van der Waals surface area contributed by atoms with Crippen molar-refractivity contribution in [1.82, 2.24) is 5.32 Å². The third-order valence-corrected chi connectivity index (χ3v) is 2.30. The van der Waals surface area contributed by atoms with Crippen molar-refractivity contribution in [1.29, 1.82) is 0 Å². The summed E-state index contributed by atoms with van der Waals surface area (Å²) in [6.45, 7) is 2.25. The standard InChI is InChI=1S/C10H11NO2/c1-6(12)8-4-2-3-7-5-11-10(13)9(7)8/h2-4,6,12H,5H2,1H3,(H,11,13). The summed E-state index contributed by atoms with van der Waals surface area (Å²) in [4.78, 5) is 11.4. The molecule has 0 radical (unpaired) electrons. The average Bonchev–Trinajstić information content (AvgIpc) is 2.48. The molecular formula is C10H11NO2. The summed E-state index contributed by atoms with van der Waals surface area (Å²) in [5, 5.41) is 12.2. The van der Waals surface area contributed by atoms with E-state index in [1.165, 1.54) is 0 Å². The highest BCUT2D eigenvalue weighted by Gasteiger charge is 2.23.